The molecular weight excluding hydrogens is 411 g/mol. The smallest absolute Gasteiger partial charge is 0.253 e. The van der Waals surface area contributed by atoms with E-state index in [9.17, 15) is 4.79 Å². The standard InChI is InChI=1S/C20H19IN2O/c21-16-5-3-4-15(12-16)20(24)23-10-8-14(9-11-23)18-13-22-19-7-2-1-6-17(18)19/h1-7,12-14,22H,8-11H2. The van der Waals surface area contributed by atoms with E-state index in [1.807, 2.05) is 29.2 Å². The molecule has 1 saturated heterocycles. The first-order valence-electron chi connectivity index (χ1n) is 8.33. The molecule has 0 unspecified atom stereocenters. The number of hydrogen-bond donors (Lipinski definition) is 1. The number of H-pyrrole nitrogens is 1. The zero-order valence-electron chi connectivity index (χ0n) is 13.3. The Morgan fingerprint density at radius 1 is 1.08 bits per heavy atom. The van der Waals surface area contributed by atoms with Crippen LogP contribution in [0.2, 0.25) is 0 Å². The van der Waals surface area contributed by atoms with Crippen molar-refractivity contribution in [1.29, 1.82) is 0 Å². The average Bonchev–Trinajstić information content (AvgIpc) is 3.05. The molecule has 1 aromatic heterocycles. The van der Waals surface area contributed by atoms with Crippen molar-refractivity contribution in [1.82, 2.24) is 9.88 Å². The second kappa shape index (κ2) is 6.59. The highest BCUT2D eigenvalue weighted by Crippen LogP contribution is 2.33. The largest absolute Gasteiger partial charge is 0.361 e. The van der Waals surface area contributed by atoms with Gasteiger partial charge in [0.05, 0.1) is 0 Å². The quantitative estimate of drug-likeness (QED) is 0.583. The second-order valence-corrected chi connectivity index (χ2v) is 7.61. The summed E-state index contributed by atoms with van der Waals surface area (Å²) < 4.78 is 1.10. The number of fused-ring (bicyclic) bond motifs is 1. The summed E-state index contributed by atoms with van der Waals surface area (Å²) in [5.41, 5.74) is 3.39. The first-order valence-corrected chi connectivity index (χ1v) is 9.41. The lowest BCUT2D eigenvalue weighted by Gasteiger charge is -2.32. The third-order valence-corrected chi connectivity index (χ3v) is 5.59. The van der Waals surface area contributed by atoms with Crippen LogP contribution in [0.3, 0.4) is 0 Å². The van der Waals surface area contributed by atoms with E-state index < -0.39 is 0 Å². The van der Waals surface area contributed by atoms with E-state index in [1.54, 1.807) is 0 Å². The van der Waals surface area contributed by atoms with Crippen LogP contribution in [0.1, 0.15) is 34.7 Å². The summed E-state index contributed by atoms with van der Waals surface area (Å²) in [5, 5.41) is 1.32. The summed E-state index contributed by atoms with van der Waals surface area (Å²) in [5.74, 6) is 0.687. The molecule has 4 rings (SSSR count). The van der Waals surface area contributed by atoms with Gasteiger partial charge in [-0.3, -0.25) is 4.79 Å². The molecule has 122 valence electrons. The van der Waals surface area contributed by atoms with Crippen LogP contribution < -0.4 is 0 Å². The number of benzene rings is 2. The Morgan fingerprint density at radius 2 is 1.88 bits per heavy atom. The van der Waals surface area contributed by atoms with Crippen molar-refractivity contribution in [3.05, 3.63) is 69.4 Å². The Hall–Kier alpha value is -1.82. The molecule has 24 heavy (non-hydrogen) atoms. The molecule has 0 atom stereocenters. The Bertz CT molecular complexity index is 878. The van der Waals surface area contributed by atoms with Crippen LogP contribution in [0.15, 0.2) is 54.7 Å². The molecule has 4 heteroatoms. The highest BCUT2D eigenvalue weighted by molar-refractivity contribution is 14.1. The molecule has 3 nitrogen and oxygen atoms in total. The average molecular weight is 430 g/mol. The van der Waals surface area contributed by atoms with Crippen LogP contribution in [0.4, 0.5) is 0 Å². The van der Waals surface area contributed by atoms with Crippen LogP contribution in [-0.2, 0) is 0 Å². The van der Waals surface area contributed by atoms with Gasteiger partial charge < -0.3 is 9.88 Å². The van der Waals surface area contributed by atoms with E-state index in [4.69, 9.17) is 0 Å². The van der Waals surface area contributed by atoms with E-state index in [1.165, 1.54) is 16.5 Å². The summed E-state index contributed by atoms with van der Waals surface area (Å²) in [7, 11) is 0. The lowest BCUT2D eigenvalue weighted by atomic mass is 9.89. The first-order chi connectivity index (χ1) is 11.7. The van der Waals surface area contributed by atoms with Gasteiger partial charge in [-0.05, 0) is 71.2 Å². The van der Waals surface area contributed by atoms with Gasteiger partial charge in [-0.25, -0.2) is 0 Å². The number of para-hydroxylation sites is 1. The number of hydrogen-bond acceptors (Lipinski definition) is 1. The molecule has 1 fully saturated rings. The lowest BCUT2D eigenvalue weighted by molar-refractivity contribution is 0.0713. The molecule has 2 heterocycles. The van der Waals surface area contributed by atoms with E-state index >= 15 is 0 Å². The molecule has 1 amide bonds. The maximum absolute atomic E-state index is 12.7. The van der Waals surface area contributed by atoms with E-state index in [-0.39, 0.29) is 5.91 Å². The SMILES string of the molecule is O=C(c1cccc(I)c1)N1CCC(c2c[nH]c3ccccc23)CC1. The Balaban J connectivity index is 1.48. The molecule has 0 spiro atoms. The van der Waals surface area contributed by atoms with Gasteiger partial charge in [0.15, 0.2) is 0 Å². The molecule has 1 aliphatic heterocycles. The summed E-state index contributed by atoms with van der Waals surface area (Å²) in [6.07, 6.45) is 4.20. The fraction of sp³-hybridized carbons (Fsp3) is 0.250. The number of piperidine rings is 1. The van der Waals surface area contributed by atoms with Gasteiger partial charge in [-0.2, -0.15) is 0 Å². The van der Waals surface area contributed by atoms with Gasteiger partial charge >= 0.3 is 0 Å². The Kier molecular flexibility index (Phi) is 4.31. The number of rotatable bonds is 2. The molecule has 0 saturated carbocycles. The number of carbonyl (C=O) groups excluding carboxylic acids is 1. The minimum atomic E-state index is 0.158. The zero-order valence-corrected chi connectivity index (χ0v) is 15.5. The summed E-state index contributed by atoms with van der Waals surface area (Å²) in [6, 6.07) is 16.3. The number of amides is 1. The zero-order chi connectivity index (χ0) is 16.5. The van der Waals surface area contributed by atoms with Gasteiger partial charge in [0, 0.05) is 39.3 Å². The van der Waals surface area contributed by atoms with Crippen LogP contribution in [0.5, 0.6) is 0 Å². The number of nitrogens with one attached hydrogen (secondary N) is 1. The molecule has 3 aromatic rings. The van der Waals surface area contributed by atoms with Crippen LogP contribution in [0, 0.1) is 3.57 Å². The maximum Gasteiger partial charge on any atom is 0.253 e. The third-order valence-electron chi connectivity index (χ3n) is 4.91. The van der Waals surface area contributed by atoms with E-state index in [0.29, 0.717) is 5.92 Å². The topological polar surface area (TPSA) is 36.1 Å². The van der Waals surface area contributed by atoms with Crippen molar-refractivity contribution in [3.63, 3.8) is 0 Å². The number of aromatic nitrogens is 1. The molecule has 0 radical (unpaired) electrons. The molecule has 2 aromatic carbocycles. The third kappa shape index (κ3) is 2.95. The van der Waals surface area contributed by atoms with Gasteiger partial charge in [-0.15, -0.1) is 0 Å². The van der Waals surface area contributed by atoms with Crippen molar-refractivity contribution >= 4 is 39.4 Å². The van der Waals surface area contributed by atoms with Crippen LogP contribution in [-0.4, -0.2) is 28.9 Å². The Morgan fingerprint density at radius 3 is 2.67 bits per heavy atom. The number of likely N-dealkylation sites (tertiary alicyclic amines) is 1. The second-order valence-electron chi connectivity index (χ2n) is 6.37. The van der Waals surface area contributed by atoms with Gasteiger partial charge in [-0.1, -0.05) is 24.3 Å². The van der Waals surface area contributed by atoms with Crippen molar-refractivity contribution in [2.45, 2.75) is 18.8 Å². The monoisotopic (exact) mass is 430 g/mol. The lowest BCUT2D eigenvalue weighted by Crippen LogP contribution is -2.37. The molecular formula is C20H19IN2O. The highest BCUT2D eigenvalue weighted by Gasteiger charge is 2.26. The predicted molar refractivity (Wildman–Crippen MR) is 105 cm³/mol. The normalized spacial score (nSPS) is 15.8. The van der Waals surface area contributed by atoms with E-state index in [2.05, 4.69) is 58.0 Å². The van der Waals surface area contributed by atoms with Crippen molar-refractivity contribution in [2.24, 2.45) is 0 Å². The number of nitrogens with zero attached hydrogens (tertiary/aromatic N) is 1. The predicted octanol–water partition coefficient (Wildman–Crippen LogP) is 4.79. The molecule has 1 N–H and O–H groups in total. The van der Waals surface area contributed by atoms with Gasteiger partial charge in [0.1, 0.15) is 0 Å². The minimum absolute atomic E-state index is 0.158. The first kappa shape index (κ1) is 15.7. The maximum atomic E-state index is 12.7. The van der Waals surface area contributed by atoms with Gasteiger partial charge in [0.25, 0.3) is 5.91 Å². The van der Waals surface area contributed by atoms with Crippen LogP contribution in [0.25, 0.3) is 10.9 Å². The van der Waals surface area contributed by atoms with Crippen molar-refractivity contribution in [2.75, 3.05) is 13.1 Å². The number of aromatic amines is 1. The highest BCUT2D eigenvalue weighted by atomic mass is 127. The molecule has 0 aliphatic carbocycles. The number of halogens is 1. The van der Waals surface area contributed by atoms with Crippen LogP contribution >= 0.6 is 22.6 Å². The minimum Gasteiger partial charge on any atom is -0.361 e. The summed E-state index contributed by atoms with van der Waals surface area (Å²) >= 11 is 2.25. The molecule has 0 bridgehead atoms. The number of carbonyl (C=O) groups is 1. The Labute approximate surface area is 155 Å². The van der Waals surface area contributed by atoms with Crippen molar-refractivity contribution in [3.8, 4) is 0 Å². The van der Waals surface area contributed by atoms with Crippen molar-refractivity contribution < 1.29 is 4.79 Å². The fourth-order valence-electron chi connectivity index (χ4n) is 3.63. The fourth-order valence-corrected chi connectivity index (χ4v) is 4.17. The van der Waals surface area contributed by atoms with Gasteiger partial charge in [0.2, 0.25) is 0 Å². The molecule has 1 aliphatic rings. The van der Waals surface area contributed by atoms with E-state index in [0.717, 1.165) is 35.1 Å². The summed E-state index contributed by atoms with van der Waals surface area (Å²) in [6.45, 7) is 1.66. The summed E-state index contributed by atoms with van der Waals surface area (Å²) in [4.78, 5) is 18.0.